The largest absolute Gasteiger partial charge is 0.481 e. The Kier molecular flexibility index (Phi) is 10.5. The molecule has 8 heteroatoms. The molecule has 7 nitrogen and oxygen atoms in total. The number of nitrogens with zero attached hydrogens (tertiary/aromatic N) is 1. The molecule has 3 atom stereocenters. The van der Waals surface area contributed by atoms with Crippen molar-refractivity contribution in [2.24, 2.45) is 0 Å². The Bertz CT molecular complexity index is 1520. The predicted octanol–water partition coefficient (Wildman–Crippen LogP) is 6.55. The molecule has 0 fully saturated rings. The molecule has 0 radical (unpaired) electrons. The average molecular weight is 587 g/mol. The Morgan fingerprint density at radius 1 is 0.814 bits per heavy atom. The van der Waals surface area contributed by atoms with Crippen LogP contribution in [0.15, 0.2) is 84.9 Å². The van der Waals surface area contributed by atoms with Gasteiger partial charge in [0.05, 0.1) is 24.7 Å². The minimum atomic E-state index is -1.18. The molecular weight excluding hydrogens is 547 g/mol. The highest BCUT2D eigenvalue weighted by Gasteiger charge is 2.31. The molecule has 0 aliphatic carbocycles. The van der Waals surface area contributed by atoms with Crippen LogP contribution in [-0.4, -0.2) is 44.0 Å². The van der Waals surface area contributed by atoms with E-state index in [4.69, 9.17) is 5.11 Å². The normalized spacial score (nSPS) is 13.5. The van der Waals surface area contributed by atoms with E-state index in [0.717, 1.165) is 27.9 Å². The fourth-order valence-electron chi connectivity index (χ4n) is 5.60. The number of hydrogen-bond donors (Lipinski definition) is 4. The molecular formula is C35H39FN2O5. The molecule has 0 bridgehead atoms. The zero-order valence-electron chi connectivity index (χ0n) is 24.7. The Labute approximate surface area is 251 Å². The fraction of sp³-hybridized carbons (Fsp3) is 0.314. The number of aromatic nitrogens is 1. The van der Waals surface area contributed by atoms with E-state index in [1.165, 1.54) is 12.1 Å². The molecule has 0 saturated carbocycles. The van der Waals surface area contributed by atoms with E-state index in [0.29, 0.717) is 17.7 Å². The summed E-state index contributed by atoms with van der Waals surface area (Å²) in [6.45, 7) is 5.90. The lowest BCUT2D eigenvalue weighted by molar-refractivity contribution is -0.139. The monoisotopic (exact) mass is 586 g/mol. The number of carboxylic acid groups (broad SMARTS) is 1. The van der Waals surface area contributed by atoms with E-state index in [2.05, 4.69) is 5.32 Å². The van der Waals surface area contributed by atoms with Crippen molar-refractivity contribution in [1.82, 2.24) is 9.88 Å². The maximum atomic E-state index is 14.3. The van der Waals surface area contributed by atoms with Crippen LogP contribution in [0.4, 0.5) is 4.39 Å². The van der Waals surface area contributed by atoms with Crippen molar-refractivity contribution in [1.29, 1.82) is 0 Å². The summed E-state index contributed by atoms with van der Waals surface area (Å²) >= 11 is 0. The van der Waals surface area contributed by atoms with E-state index < -0.39 is 24.6 Å². The number of aliphatic carboxylic acids is 1. The van der Waals surface area contributed by atoms with Crippen LogP contribution in [0.5, 0.6) is 0 Å². The first-order valence-electron chi connectivity index (χ1n) is 14.6. The van der Waals surface area contributed by atoms with Crippen LogP contribution in [0.25, 0.3) is 22.3 Å². The van der Waals surface area contributed by atoms with Crippen molar-refractivity contribution in [3.05, 3.63) is 108 Å². The highest BCUT2D eigenvalue weighted by Crippen LogP contribution is 2.42. The van der Waals surface area contributed by atoms with Gasteiger partial charge in [0.15, 0.2) is 0 Å². The zero-order chi connectivity index (χ0) is 31.1. The minimum absolute atomic E-state index is 0.0892. The number of carbonyl (C=O) groups excluding carboxylic acids is 1. The van der Waals surface area contributed by atoms with Gasteiger partial charge in [-0.2, -0.15) is 0 Å². The summed E-state index contributed by atoms with van der Waals surface area (Å²) in [6.07, 6.45) is -2.15. The molecule has 0 aliphatic heterocycles. The molecule has 1 heterocycles. The van der Waals surface area contributed by atoms with Gasteiger partial charge in [-0.1, -0.05) is 72.8 Å². The standard InChI is InChI=1S/C35H39FN2O5/c1-22(2)38-30(19-18-28(39)20-29(40)21-31(41)42)32(26-14-16-27(36)17-15-26)33(25-12-8-5-9-13-25)34(38)35(43)37-23(3)24-10-6-4-7-11-24/h4-17,22-23,28-29,39-40H,18-21H2,1-3H3,(H,37,43)(H,41,42)/t23-,28+,29+/m0/s1. The van der Waals surface area contributed by atoms with Crippen molar-refractivity contribution in [3.8, 4) is 22.3 Å². The molecule has 226 valence electrons. The van der Waals surface area contributed by atoms with Crippen LogP contribution in [0.1, 0.15) is 73.9 Å². The quantitative estimate of drug-likeness (QED) is 0.142. The second-order valence-electron chi connectivity index (χ2n) is 11.2. The van der Waals surface area contributed by atoms with Gasteiger partial charge in [-0.05, 0) is 68.9 Å². The topological polar surface area (TPSA) is 112 Å². The first-order valence-corrected chi connectivity index (χ1v) is 14.6. The first kappa shape index (κ1) is 31.7. The van der Waals surface area contributed by atoms with Crippen LogP contribution in [0, 0.1) is 5.82 Å². The maximum absolute atomic E-state index is 14.3. The van der Waals surface area contributed by atoms with E-state index in [9.17, 15) is 24.2 Å². The third-order valence-corrected chi connectivity index (χ3v) is 7.55. The van der Waals surface area contributed by atoms with Gasteiger partial charge in [-0.25, -0.2) is 4.39 Å². The predicted molar refractivity (Wildman–Crippen MR) is 165 cm³/mol. The van der Waals surface area contributed by atoms with Gasteiger partial charge in [0.1, 0.15) is 11.5 Å². The minimum Gasteiger partial charge on any atom is -0.481 e. The number of nitrogens with one attached hydrogen (secondary N) is 1. The molecule has 1 amide bonds. The summed E-state index contributed by atoms with van der Waals surface area (Å²) in [7, 11) is 0. The van der Waals surface area contributed by atoms with Gasteiger partial charge in [-0.15, -0.1) is 0 Å². The van der Waals surface area contributed by atoms with Gasteiger partial charge in [0.25, 0.3) is 5.91 Å². The highest BCUT2D eigenvalue weighted by atomic mass is 19.1. The fourth-order valence-corrected chi connectivity index (χ4v) is 5.60. The molecule has 4 rings (SSSR count). The van der Waals surface area contributed by atoms with E-state index in [1.807, 2.05) is 86.0 Å². The van der Waals surface area contributed by atoms with Crippen molar-refractivity contribution >= 4 is 11.9 Å². The third kappa shape index (κ3) is 7.77. The average Bonchev–Trinajstić information content (AvgIpc) is 3.32. The van der Waals surface area contributed by atoms with Crippen LogP contribution in [-0.2, 0) is 11.2 Å². The van der Waals surface area contributed by atoms with Gasteiger partial charge in [0.2, 0.25) is 0 Å². The van der Waals surface area contributed by atoms with Crippen LogP contribution < -0.4 is 5.32 Å². The lowest BCUT2D eigenvalue weighted by Gasteiger charge is -2.21. The van der Waals surface area contributed by atoms with Crippen LogP contribution in [0.3, 0.4) is 0 Å². The number of benzene rings is 3. The second-order valence-corrected chi connectivity index (χ2v) is 11.2. The molecule has 0 unspecified atom stereocenters. The Balaban J connectivity index is 1.87. The van der Waals surface area contributed by atoms with Gasteiger partial charge >= 0.3 is 5.97 Å². The van der Waals surface area contributed by atoms with Crippen molar-refractivity contribution in [2.75, 3.05) is 0 Å². The van der Waals surface area contributed by atoms with Crippen molar-refractivity contribution in [3.63, 3.8) is 0 Å². The summed E-state index contributed by atoms with van der Waals surface area (Å²) in [5, 5.41) is 33.1. The number of carboxylic acids is 1. The summed E-state index contributed by atoms with van der Waals surface area (Å²) in [6, 6.07) is 25.0. The van der Waals surface area contributed by atoms with E-state index in [-0.39, 0.29) is 36.6 Å². The molecule has 1 aromatic heterocycles. The van der Waals surface area contributed by atoms with E-state index in [1.54, 1.807) is 12.1 Å². The number of hydrogen-bond acceptors (Lipinski definition) is 4. The molecule has 43 heavy (non-hydrogen) atoms. The molecule has 4 aromatic rings. The number of rotatable bonds is 13. The highest BCUT2D eigenvalue weighted by molar-refractivity contribution is 6.05. The second kappa shape index (κ2) is 14.3. The number of carbonyl (C=O) groups is 2. The van der Waals surface area contributed by atoms with Gasteiger partial charge in [0, 0.05) is 22.9 Å². The van der Waals surface area contributed by atoms with Gasteiger partial charge in [-0.3, -0.25) is 9.59 Å². The van der Waals surface area contributed by atoms with Crippen molar-refractivity contribution < 1.29 is 29.3 Å². The third-order valence-electron chi connectivity index (χ3n) is 7.55. The van der Waals surface area contributed by atoms with Gasteiger partial charge < -0.3 is 25.2 Å². The summed E-state index contributed by atoms with van der Waals surface area (Å²) in [5.41, 5.74) is 5.20. The Hall–Kier alpha value is -4.27. The molecule has 4 N–H and O–H groups in total. The van der Waals surface area contributed by atoms with Crippen LogP contribution in [0.2, 0.25) is 0 Å². The number of halogens is 1. The summed E-state index contributed by atoms with van der Waals surface area (Å²) in [4.78, 5) is 25.3. The smallest absolute Gasteiger partial charge is 0.305 e. The number of aliphatic hydroxyl groups excluding tert-OH is 2. The molecule has 0 spiro atoms. The lowest BCUT2D eigenvalue weighted by atomic mass is 9.92. The lowest BCUT2D eigenvalue weighted by Crippen LogP contribution is -2.30. The Morgan fingerprint density at radius 2 is 1.40 bits per heavy atom. The maximum Gasteiger partial charge on any atom is 0.305 e. The molecule has 0 saturated heterocycles. The summed E-state index contributed by atoms with van der Waals surface area (Å²) < 4.78 is 16.1. The summed E-state index contributed by atoms with van der Waals surface area (Å²) in [5.74, 6) is -1.79. The number of aliphatic hydroxyl groups is 2. The van der Waals surface area contributed by atoms with E-state index >= 15 is 0 Å². The first-order chi connectivity index (χ1) is 20.6. The number of amides is 1. The Morgan fingerprint density at radius 3 is 1.98 bits per heavy atom. The zero-order valence-corrected chi connectivity index (χ0v) is 24.7. The van der Waals surface area contributed by atoms with Crippen molar-refractivity contribution in [2.45, 2.75) is 70.7 Å². The SMILES string of the molecule is CC(C)n1c(CC[C@@H](O)C[C@@H](O)CC(=O)O)c(-c2ccc(F)cc2)c(-c2ccccc2)c1C(=O)N[C@@H](C)c1ccccc1. The molecule has 3 aromatic carbocycles. The van der Waals surface area contributed by atoms with Crippen LogP contribution >= 0.6 is 0 Å². The molecule has 0 aliphatic rings.